The molecule has 1 aromatic rings. The minimum atomic E-state index is -0.744. The highest BCUT2D eigenvalue weighted by atomic mass is 35.5. The monoisotopic (exact) mass is 227 g/mol. The molecule has 0 aromatic heterocycles. The van der Waals surface area contributed by atoms with Gasteiger partial charge >= 0.3 is 5.97 Å². The average Bonchev–Trinajstić information content (AvgIpc) is 2.21. The van der Waals surface area contributed by atoms with Crippen molar-refractivity contribution in [2.75, 3.05) is 7.11 Å². The van der Waals surface area contributed by atoms with Gasteiger partial charge in [0.2, 0.25) is 0 Å². The van der Waals surface area contributed by atoms with E-state index in [2.05, 4.69) is 4.74 Å². The molecule has 0 aliphatic heterocycles. The van der Waals surface area contributed by atoms with Gasteiger partial charge in [0, 0.05) is 10.6 Å². The standard InChI is InChI=1S/C10H9ClO4/c1-15-9(13)5-8(12)6-3-2-4-7(11)10(6)14/h2-5,12,14H,1H3/p-1/b8-5-. The first kappa shape index (κ1) is 11.4. The van der Waals surface area contributed by atoms with Crippen LogP contribution in [0.2, 0.25) is 5.02 Å². The van der Waals surface area contributed by atoms with Crippen molar-refractivity contribution >= 4 is 23.3 Å². The van der Waals surface area contributed by atoms with E-state index in [1.165, 1.54) is 25.3 Å². The van der Waals surface area contributed by atoms with Crippen molar-refractivity contribution in [1.29, 1.82) is 0 Å². The molecule has 15 heavy (non-hydrogen) atoms. The van der Waals surface area contributed by atoms with Crippen molar-refractivity contribution in [3.63, 3.8) is 0 Å². The van der Waals surface area contributed by atoms with Gasteiger partial charge in [-0.05, 0) is 6.07 Å². The van der Waals surface area contributed by atoms with E-state index in [9.17, 15) is 15.0 Å². The number of rotatable bonds is 2. The number of methoxy groups -OCH3 is 1. The lowest BCUT2D eigenvalue weighted by molar-refractivity contribution is -0.268. The van der Waals surface area contributed by atoms with Gasteiger partial charge in [0.15, 0.2) is 0 Å². The van der Waals surface area contributed by atoms with Crippen LogP contribution >= 0.6 is 11.6 Å². The summed E-state index contributed by atoms with van der Waals surface area (Å²) in [5.41, 5.74) is -0.0344. The summed E-state index contributed by atoms with van der Waals surface area (Å²) >= 11 is 5.56. The van der Waals surface area contributed by atoms with E-state index in [1.807, 2.05) is 0 Å². The van der Waals surface area contributed by atoms with E-state index in [0.717, 1.165) is 6.08 Å². The predicted octanol–water partition coefficient (Wildman–Crippen LogP) is 1.49. The first-order valence-corrected chi connectivity index (χ1v) is 4.38. The fourth-order valence-corrected chi connectivity index (χ4v) is 1.13. The lowest BCUT2D eigenvalue weighted by Gasteiger charge is -2.13. The van der Waals surface area contributed by atoms with Crippen LogP contribution in [0.4, 0.5) is 0 Å². The zero-order chi connectivity index (χ0) is 11.4. The van der Waals surface area contributed by atoms with Crippen molar-refractivity contribution in [3.05, 3.63) is 34.9 Å². The molecule has 5 heteroatoms. The molecule has 0 spiro atoms. The number of benzene rings is 1. The Morgan fingerprint density at radius 1 is 1.60 bits per heavy atom. The topological polar surface area (TPSA) is 69.6 Å². The Morgan fingerprint density at radius 3 is 2.87 bits per heavy atom. The van der Waals surface area contributed by atoms with Gasteiger partial charge in [0.05, 0.1) is 13.2 Å². The Morgan fingerprint density at radius 2 is 2.27 bits per heavy atom. The van der Waals surface area contributed by atoms with Crippen molar-refractivity contribution in [2.45, 2.75) is 0 Å². The van der Waals surface area contributed by atoms with E-state index in [4.69, 9.17) is 11.6 Å². The summed E-state index contributed by atoms with van der Waals surface area (Å²) in [7, 11) is 1.17. The van der Waals surface area contributed by atoms with E-state index in [0.29, 0.717) is 0 Å². The summed E-state index contributed by atoms with van der Waals surface area (Å²) in [6.07, 6.45) is 0.813. The van der Waals surface area contributed by atoms with Crippen LogP contribution in [0.3, 0.4) is 0 Å². The molecule has 80 valence electrons. The van der Waals surface area contributed by atoms with Crippen molar-refractivity contribution in [2.24, 2.45) is 0 Å². The third-order valence-corrected chi connectivity index (χ3v) is 2.00. The van der Waals surface area contributed by atoms with Gasteiger partial charge in [0.25, 0.3) is 0 Å². The smallest absolute Gasteiger partial charge is 0.334 e. The van der Waals surface area contributed by atoms with Gasteiger partial charge in [-0.3, -0.25) is 0 Å². The largest absolute Gasteiger partial charge is 0.871 e. The van der Waals surface area contributed by atoms with Gasteiger partial charge in [-0.1, -0.05) is 29.5 Å². The summed E-state index contributed by atoms with van der Waals surface area (Å²) in [4.78, 5) is 10.8. The predicted molar refractivity (Wildman–Crippen MR) is 53.5 cm³/mol. The highest BCUT2D eigenvalue weighted by Crippen LogP contribution is 2.28. The molecule has 1 rings (SSSR count). The number of carbonyl (C=O) groups is 1. The Hall–Kier alpha value is -1.68. The van der Waals surface area contributed by atoms with E-state index in [1.54, 1.807) is 0 Å². The van der Waals surface area contributed by atoms with Gasteiger partial charge in [0.1, 0.15) is 5.76 Å². The lowest BCUT2D eigenvalue weighted by atomic mass is 10.1. The molecular formula is C10H8ClO4-. The van der Waals surface area contributed by atoms with Crippen LogP contribution in [0.5, 0.6) is 5.75 Å². The van der Waals surface area contributed by atoms with Gasteiger partial charge in [-0.25, -0.2) is 4.79 Å². The minimum absolute atomic E-state index is 0.0164. The van der Waals surface area contributed by atoms with Crippen LogP contribution in [0, 0.1) is 0 Å². The minimum Gasteiger partial charge on any atom is -0.871 e. The summed E-state index contributed by atoms with van der Waals surface area (Å²) < 4.78 is 4.30. The summed E-state index contributed by atoms with van der Waals surface area (Å²) in [5.74, 6) is -1.74. The molecule has 0 atom stereocenters. The number of esters is 1. The second kappa shape index (κ2) is 4.70. The maximum atomic E-state index is 11.4. The Kier molecular flexibility index (Phi) is 3.57. The van der Waals surface area contributed by atoms with Crippen LogP contribution in [0.15, 0.2) is 24.3 Å². The maximum Gasteiger partial charge on any atom is 0.334 e. The molecule has 0 bridgehead atoms. The highest BCUT2D eigenvalue weighted by Gasteiger charge is 2.05. The number of carbonyl (C=O) groups excluding carboxylic acids is 1. The maximum absolute atomic E-state index is 11.4. The molecule has 0 unspecified atom stereocenters. The Bertz CT molecular complexity index is 412. The van der Waals surface area contributed by atoms with Crippen LogP contribution < -0.4 is 5.11 Å². The molecule has 0 saturated heterocycles. The molecule has 0 amide bonds. The van der Waals surface area contributed by atoms with Crippen LogP contribution in [0.25, 0.3) is 5.76 Å². The normalized spacial score (nSPS) is 11.2. The number of aliphatic hydroxyl groups excluding tert-OH is 1. The number of para-hydroxylation sites is 1. The van der Waals surface area contributed by atoms with Gasteiger partial charge in [-0.15, -0.1) is 0 Å². The molecule has 0 aliphatic rings. The van der Waals surface area contributed by atoms with E-state index in [-0.39, 0.29) is 10.6 Å². The zero-order valence-corrected chi connectivity index (χ0v) is 8.62. The molecule has 0 radical (unpaired) electrons. The van der Waals surface area contributed by atoms with Gasteiger partial charge < -0.3 is 14.9 Å². The molecule has 0 saturated carbocycles. The SMILES string of the molecule is COC(=O)/C=C(\O)c1cccc(Cl)c1[O-]. The quantitative estimate of drug-likeness (QED) is 0.472. The fourth-order valence-electron chi connectivity index (χ4n) is 0.959. The lowest BCUT2D eigenvalue weighted by Crippen LogP contribution is -2.00. The van der Waals surface area contributed by atoms with Crippen LogP contribution in [-0.2, 0) is 9.53 Å². The molecular weight excluding hydrogens is 220 g/mol. The first-order valence-electron chi connectivity index (χ1n) is 4.00. The molecule has 0 fully saturated rings. The molecule has 4 nitrogen and oxygen atoms in total. The fraction of sp³-hybridized carbons (Fsp3) is 0.100. The highest BCUT2D eigenvalue weighted by molar-refractivity contribution is 6.32. The number of ether oxygens (including phenoxy) is 1. The summed E-state index contributed by atoms with van der Waals surface area (Å²) in [5, 5.41) is 20.8. The molecule has 1 N–H and O–H groups in total. The molecule has 0 aliphatic carbocycles. The number of hydrogen-bond donors (Lipinski definition) is 1. The first-order chi connectivity index (χ1) is 7.06. The van der Waals surface area contributed by atoms with Crippen molar-refractivity contribution < 1.29 is 19.7 Å². The van der Waals surface area contributed by atoms with Crippen LogP contribution in [0.1, 0.15) is 5.56 Å². The molecule has 0 heterocycles. The third kappa shape index (κ3) is 2.63. The second-order valence-corrected chi connectivity index (χ2v) is 3.08. The Labute approximate surface area is 91.4 Å². The average molecular weight is 228 g/mol. The van der Waals surface area contributed by atoms with E-state index >= 15 is 0 Å². The number of hydrogen-bond acceptors (Lipinski definition) is 4. The number of aliphatic hydroxyl groups is 1. The van der Waals surface area contributed by atoms with Crippen LogP contribution in [-0.4, -0.2) is 18.2 Å². The number of halogens is 1. The van der Waals surface area contributed by atoms with Crippen molar-refractivity contribution in [3.8, 4) is 5.75 Å². The van der Waals surface area contributed by atoms with E-state index < -0.39 is 17.5 Å². The third-order valence-electron chi connectivity index (χ3n) is 1.70. The summed E-state index contributed by atoms with van der Waals surface area (Å²) in [6, 6.07) is 4.27. The molecule has 1 aromatic carbocycles. The second-order valence-electron chi connectivity index (χ2n) is 2.67. The zero-order valence-electron chi connectivity index (χ0n) is 7.86. The van der Waals surface area contributed by atoms with Crippen molar-refractivity contribution in [1.82, 2.24) is 0 Å². The summed E-state index contributed by atoms with van der Waals surface area (Å²) in [6.45, 7) is 0. The Balaban J connectivity index is 3.11. The van der Waals surface area contributed by atoms with Gasteiger partial charge in [-0.2, -0.15) is 0 Å².